The van der Waals surface area contributed by atoms with E-state index in [1.807, 2.05) is 13.8 Å². The molecule has 0 aliphatic carbocycles. The molecular formula is C27H29NaO8S. The molecule has 1 heterocycles. The number of ether oxygens (including phenoxy) is 2. The van der Waals surface area contributed by atoms with E-state index in [1.54, 1.807) is 18.2 Å². The van der Waals surface area contributed by atoms with Crippen LogP contribution in [0.25, 0.3) is 10.1 Å². The summed E-state index contributed by atoms with van der Waals surface area (Å²) in [7, 11) is 0. The number of carboxylic acids is 1. The average molecular weight is 537 g/mol. The van der Waals surface area contributed by atoms with Crippen LogP contribution in [-0.2, 0) is 12.8 Å². The number of carbonyl (C=O) groups excluding carboxylic acids is 2. The molecule has 37 heavy (non-hydrogen) atoms. The predicted octanol–water partition coefficient (Wildman–Crippen LogP) is 0.261. The molecule has 0 radical (unpaired) electrons. The molecule has 192 valence electrons. The molecule has 2 aromatic carbocycles. The van der Waals surface area contributed by atoms with Gasteiger partial charge in [-0.25, -0.2) is 0 Å². The number of phenols is 1. The number of hydrogen-bond donors (Lipinski definition) is 2. The van der Waals surface area contributed by atoms with Crippen LogP contribution in [0, 0.1) is 0 Å². The first-order valence-corrected chi connectivity index (χ1v) is 12.6. The van der Waals surface area contributed by atoms with Crippen LogP contribution in [0.15, 0.2) is 35.1 Å². The Morgan fingerprint density at radius 1 is 1.00 bits per heavy atom. The number of rotatable bonds is 12. The molecule has 0 spiro atoms. The van der Waals surface area contributed by atoms with Crippen molar-refractivity contribution in [3.05, 3.63) is 62.1 Å². The second-order valence-corrected chi connectivity index (χ2v) is 9.50. The van der Waals surface area contributed by atoms with E-state index in [9.17, 15) is 29.7 Å². The molecule has 0 bridgehead atoms. The van der Waals surface area contributed by atoms with Gasteiger partial charge in [-0.2, -0.15) is 0 Å². The fourth-order valence-electron chi connectivity index (χ4n) is 3.93. The van der Waals surface area contributed by atoms with Gasteiger partial charge in [0.1, 0.15) is 36.6 Å². The molecule has 0 saturated carbocycles. The molecule has 1 aromatic heterocycles. The zero-order valence-corrected chi connectivity index (χ0v) is 24.3. The molecule has 3 aromatic rings. The maximum absolute atomic E-state index is 12.4. The Bertz CT molecular complexity index is 1330. The number of hydrogen-bond acceptors (Lipinski definition) is 9. The normalized spacial score (nSPS) is 11.6. The van der Waals surface area contributed by atoms with E-state index in [0.717, 1.165) is 30.2 Å². The maximum atomic E-state index is 12.4. The van der Waals surface area contributed by atoms with Crippen molar-refractivity contribution in [1.29, 1.82) is 0 Å². The van der Waals surface area contributed by atoms with Crippen LogP contribution >= 0.6 is 11.3 Å². The van der Waals surface area contributed by atoms with Gasteiger partial charge < -0.3 is 29.6 Å². The first kappa shape index (κ1) is 30.8. The van der Waals surface area contributed by atoms with Gasteiger partial charge in [-0.15, -0.1) is 11.3 Å². The minimum Gasteiger partial charge on any atom is -0.544 e. The van der Waals surface area contributed by atoms with Crippen molar-refractivity contribution in [3.63, 3.8) is 0 Å². The second kappa shape index (κ2) is 13.9. The van der Waals surface area contributed by atoms with E-state index < -0.39 is 17.5 Å². The molecule has 2 N–H and O–H groups in total. The van der Waals surface area contributed by atoms with E-state index in [0.29, 0.717) is 45.6 Å². The SMILES string of the molecule is CCCc1c(OCC(O)COc2ccc3c(=O)cc(C(=O)[O-])sc3c2CCC)ccc(C(C)=O)c1O.[Na+]. The summed E-state index contributed by atoms with van der Waals surface area (Å²) in [6.07, 6.45) is 1.49. The smallest absolute Gasteiger partial charge is 0.544 e. The quantitative estimate of drug-likeness (QED) is 0.249. The number of carboxylic acid groups (broad SMARTS) is 1. The van der Waals surface area contributed by atoms with Gasteiger partial charge in [0, 0.05) is 27.3 Å². The molecule has 1 atom stereocenters. The summed E-state index contributed by atoms with van der Waals surface area (Å²) in [6.45, 7) is 5.05. The summed E-state index contributed by atoms with van der Waals surface area (Å²) in [6, 6.07) is 7.39. The van der Waals surface area contributed by atoms with E-state index in [2.05, 4.69) is 0 Å². The van der Waals surface area contributed by atoms with Crippen molar-refractivity contribution < 1.29 is 63.9 Å². The van der Waals surface area contributed by atoms with E-state index in [4.69, 9.17) is 9.47 Å². The molecule has 1 unspecified atom stereocenters. The second-order valence-electron chi connectivity index (χ2n) is 8.45. The van der Waals surface area contributed by atoms with Crippen LogP contribution in [0.4, 0.5) is 0 Å². The largest absolute Gasteiger partial charge is 1.00 e. The van der Waals surface area contributed by atoms with Crippen molar-refractivity contribution in [3.8, 4) is 17.2 Å². The minimum atomic E-state index is -1.41. The fraction of sp³-hybridized carbons (Fsp3) is 0.370. The number of aliphatic hydroxyl groups excluding tert-OH is 1. The number of Topliss-reactive ketones (excluding diaryl/α,β-unsaturated/α-hetero) is 1. The molecule has 0 aliphatic heterocycles. The van der Waals surface area contributed by atoms with Gasteiger partial charge in [0.15, 0.2) is 11.2 Å². The molecule has 0 saturated heterocycles. The summed E-state index contributed by atoms with van der Waals surface area (Å²) < 4.78 is 12.1. The van der Waals surface area contributed by atoms with Gasteiger partial charge in [0.05, 0.1) is 16.4 Å². The van der Waals surface area contributed by atoms with Crippen LogP contribution in [0.2, 0.25) is 0 Å². The Labute approximate surface area is 241 Å². The Morgan fingerprint density at radius 2 is 1.57 bits per heavy atom. The maximum Gasteiger partial charge on any atom is 1.00 e. The monoisotopic (exact) mass is 536 g/mol. The van der Waals surface area contributed by atoms with Gasteiger partial charge in [-0.3, -0.25) is 9.59 Å². The predicted molar refractivity (Wildman–Crippen MR) is 136 cm³/mol. The Balaban J connectivity index is 0.00000481. The van der Waals surface area contributed by atoms with E-state index in [1.165, 1.54) is 13.0 Å². The number of aryl methyl sites for hydroxylation is 1. The summed E-state index contributed by atoms with van der Waals surface area (Å²) in [5.74, 6) is -0.937. The van der Waals surface area contributed by atoms with Crippen LogP contribution < -0.4 is 49.6 Å². The summed E-state index contributed by atoms with van der Waals surface area (Å²) in [5, 5.41) is 32.7. The summed E-state index contributed by atoms with van der Waals surface area (Å²) in [5.41, 5.74) is 1.03. The minimum absolute atomic E-state index is 0. The third-order valence-electron chi connectivity index (χ3n) is 5.64. The van der Waals surface area contributed by atoms with Crippen LogP contribution in [-0.4, -0.2) is 41.3 Å². The topological polar surface area (TPSA) is 133 Å². The molecule has 0 aliphatic rings. The third-order valence-corrected chi connectivity index (χ3v) is 6.81. The molecule has 8 nitrogen and oxygen atoms in total. The number of benzene rings is 2. The van der Waals surface area contributed by atoms with Crippen molar-refractivity contribution in [1.82, 2.24) is 0 Å². The number of fused-ring (bicyclic) bond motifs is 1. The van der Waals surface area contributed by atoms with E-state index in [-0.39, 0.29) is 64.7 Å². The van der Waals surface area contributed by atoms with Crippen molar-refractivity contribution >= 4 is 33.2 Å². The number of carbonyl (C=O) groups is 2. The van der Waals surface area contributed by atoms with Gasteiger partial charge in [0.25, 0.3) is 0 Å². The zero-order valence-electron chi connectivity index (χ0n) is 21.5. The zero-order chi connectivity index (χ0) is 26.4. The number of aromatic carboxylic acids is 1. The Kier molecular flexibility index (Phi) is 11.6. The van der Waals surface area contributed by atoms with Gasteiger partial charge in [-0.1, -0.05) is 26.7 Å². The molecule has 0 fully saturated rings. The number of phenolic OH excluding ortho intramolecular Hbond substituents is 1. The van der Waals surface area contributed by atoms with E-state index >= 15 is 0 Å². The van der Waals surface area contributed by atoms with Crippen LogP contribution in [0.5, 0.6) is 17.2 Å². The first-order chi connectivity index (χ1) is 17.2. The Hall–Kier alpha value is -2.43. The molecule has 3 rings (SSSR count). The standard InChI is InChI=1S/C27H30O8S.Na/c1-4-6-19-22(10-8-17(15(3)28)25(19)31)34-13-16(29)14-35-23-11-9-18-21(30)12-24(27(32)33)36-26(18)20(23)7-5-2;/h8-12,16,29,31H,4-7,13-14H2,1-3H3,(H,32,33);/q;+1/p-1. The fourth-order valence-corrected chi connectivity index (χ4v) is 5.00. The van der Waals surface area contributed by atoms with Crippen molar-refractivity contribution in [2.24, 2.45) is 0 Å². The first-order valence-electron chi connectivity index (χ1n) is 11.8. The molecule has 10 heteroatoms. The number of ketones is 1. The molecular weight excluding hydrogens is 507 g/mol. The van der Waals surface area contributed by atoms with Crippen molar-refractivity contribution in [2.45, 2.75) is 52.6 Å². The van der Waals surface area contributed by atoms with Crippen LogP contribution in [0.1, 0.15) is 64.8 Å². The molecule has 0 amide bonds. The summed E-state index contributed by atoms with van der Waals surface area (Å²) >= 11 is 0.965. The third kappa shape index (κ3) is 7.33. The van der Waals surface area contributed by atoms with Gasteiger partial charge in [0.2, 0.25) is 0 Å². The number of aromatic hydroxyl groups is 1. The average Bonchev–Trinajstić information content (AvgIpc) is 2.83. The van der Waals surface area contributed by atoms with Crippen LogP contribution in [0.3, 0.4) is 0 Å². The summed E-state index contributed by atoms with van der Waals surface area (Å²) in [4.78, 5) is 35.3. The van der Waals surface area contributed by atoms with Gasteiger partial charge >= 0.3 is 29.6 Å². The Morgan fingerprint density at radius 3 is 2.14 bits per heavy atom. The number of aliphatic hydroxyl groups is 1. The van der Waals surface area contributed by atoms with Crippen molar-refractivity contribution in [2.75, 3.05) is 13.2 Å². The van der Waals surface area contributed by atoms with Gasteiger partial charge in [-0.05, 0) is 44.0 Å².